The fraction of sp³-hybridized carbons (Fsp3) is 0.308. The molecule has 0 radical (unpaired) electrons. The molecule has 0 aliphatic carbocycles. The summed E-state index contributed by atoms with van der Waals surface area (Å²) >= 11 is 5.51. The Morgan fingerprint density at radius 3 is 2.11 bits per heavy atom. The average molecular weight is 281 g/mol. The van der Waals surface area contributed by atoms with Gasteiger partial charge in [-0.05, 0) is 37.1 Å². The molecule has 0 N–H and O–H groups in total. The molecule has 1 aromatic carbocycles. The summed E-state index contributed by atoms with van der Waals surface area (Å²) in [6, 6.07) is 6.12. The van der Waals surface area contributed by atoms with Crippen LogP contribution in [0.3, 0.4) is 0 Å². The summed E-state index contributed by atoms with van der Waals surface area (Å²) in [4.78, 5) is 36.0. The van der Waals surface area contributed by atoms with Gasteiger partial charge in [-0.1, -0.05) is 19.1 Å². The zero-order chi connectivity index (χ0) is 14.2. The number of hydrogen-bond acceptors (Lipinski definition) is 3. The molecule has 0 saturated heterocycles. The van der Waals surface area contributed by atoms with Crippen LogP contribution >= 0.6 is 11.6 Å². The number of carbonyl (C=O) groups is 3. The van der Waals surface area contributed by atoms with Crippen molar-refractivity contribution in [2.45, 2.75) is 26.3 Å². The molecular formula is C13H13ClN2O3. The van der Waals surface area contributed by atoms with E-state index in [0.29, 0.717) is 17.5 Å². The number of imide groups is 1. The number of hydrazine groups is 1. The fourth-order valence-corrected chi connectivity index (χ4v) is 2.24. The highest BCUT2D eigenvalue weighted by Gasteiger charge is 2.42. The normalized spacial score (nSPS) is 15.4. The predicted molar refractivity (Wildman–Crippen MR) is 69.8 cm³/mol. The second-order valence-electron chi connectivity index (χ2n) is 4.32. The fourth-order valence-electron chi connectivity index (χ4n) is 1.99. The van der Waals surface area contributed by atoms with Crippen molar-refractivity contribution in [1.29, 1.82) is 0 Å². The lowest BCUT2D eigenvalue weighted by Gasteiger charge is -2.32. The summed E-state index contributed by atoms with van der Waals surface area (Å²) < 4.78 is 0. The van der Waals surface area contributed by atoms with Gasteiger partial charge in [0.05, 0.1) is 17.2 Å². The molecule has 0 bridgehead atoms. The number of amides is 3. The van der Waals surface area contributed by atoms with Gasteiger partial charge in [-0.15, -0.1) is 0 Å². The number of hydrogen-bond donors (Lipinski definition) is 0. The summed E-state index contributed by atoms with van der Waals surface area (Å²) in [6.45, 7) is 3.57. The Bertz CT molecular complexity index is 524. The van der Waals surface area contributed by atoms with Crippen LogP contribution in [-0.2, 0) is 0 Å². The first-order chi connectivity index (χ1) is 8.99. The Morgan fingerprint density at radius 2 is 1.74 bits per heavy atom. The molecule has 6 heteroatoms. The van der Waals surface area contributed by atoms with Gasteiger partial charge in [0.1, 0.15) is 0 Å². The SMILES string of the molecule is CCC(C)N(C(=O)Cl)N1C(=O)c2ccccc2C1=O. The van der Waals surface area contributed by atoms with E-state index in [1.165, 1.54) is 0 Å². The minimum absolute atomic E-state index is 0.290. The third kappa shape index (κ3) is 2.10. The van der Waals surface area contributed by atoms with Crippen LogP contribution in [0.4, 0.5) is 4.79 Å². The smallest absolute Gasteiger partial charge is 0.267 e. The molecule has 0 saturated carbocycles. The summed E-state index contributed by atoms with van der Waals surface area (Å²) in [5.41, 5.74) is 0.581. The van der Waals surface area contributed by atoms with E-state index in [4.69, 9.17) is 11.6 Å². The zero-order valence-corrected chi connectivity index (χ0v) is 11.3. The number of nitrogens with zero attached hydrogens (tertiary/aromatic N) is 2. The minimum Gasteiger partial charge on any atom is -0.267 e. The zero-order valence-electron chi connectivity index (χ0n) is 10.6. The molecule has 1 aliphatic heterocycles. The molecule has 2 rings (SSSR count). The van der Waals surface area contributed by atoms with Crippen molar-refractivity contribution in [1.82, 2.24) is 10.0 Å². The third-order valence-corrected chi connectivity index (χ3v) is 3.35. The summed E-state index contributed by atoms with van der Waals surface area (Å²) in [7, 11) is 0. The third-order valence-electron chi connectivity index (χ3n) is 3.18. The van der Waals surface area contributed by atoms with E-state index in [-0.39, 0.29) is 6.04 Å². The number of fused-ring (bicyclic) bond motifs is 1. The molecule has 1 atom stereocenters. The van der Waals surface area contributed by atoms with Crippen LogP contribution in [0.25, 0.3) is 0 Å². The van der Waals surface area contributed by atoms with Crippen molar-refractivity contribution in [2.24, 2.45) is 0 Å². The van der Waals surface area contributed by atoms with Gasteiger partial charge in [0.25, 0.3) is 11.8 Å². The monoisotopic (exact) mass is 280 g/mol. The highest BCUT2D eigenvalue weighted by molar-refractivity contribution is 6.63. The standard InChI is InChI=1S/C13H13ClN2O3/c1-3-8(2)15(13(14)19)16-11(17)9-6-4-5-7-10(9)12(16)18/h4-8H,3H2,1-2H3. The van der Waals surface area contributed by atoms with Crippen molar-refractivity contribution in [3.05, 3.63) is 35.4 Å². The van der Waals surface area contributed by atoms with E-state index in [0.717, 1.165) is 10.0 Å². The molecule has 0 spiro atoms. The summed E-state index contributed by atoms with van der Waals surface area (Å²) in [6.07, 6.45) is 0.575. The maximum atomic E-state index is 12.2. The topological polar surface area (TPSA) is 57.7 Å². The second-order valence-corrected chi connectivity index (χ2v) is 4.65. The molecule has 0 fully saturated rings. The molecular weight excluding hydrogens is 268 g/mol. The van der Waals surface area contributed by atoms with Gasteiger partial charge in [-0.2, -0.15) is 5.01 Å². The first-order valence-corrected chi connectivity index (χ1v) is 6.33. The van der Waals surface area contributed by atoms with Crippen LogP contribution in [0.15, 0.2) is 24.3 Å². The number of halogens is 1. The Balaban J connectivity index is 2.45. The van der Waals surface area contributed by atoms with Gasteiger partial charge in [-0.25, -0.2) is 5.01 Å². The molecule has 100 valence electrons. The minimum atomic E-state index is -0.844. The molecule has 5 nitrogen and oxygen atoms in total. The second kappa shape index (κ2) is 5.01. The van der Waals surface area contributed by atoms with Crippen LogP contribution < -0.4 is 0 Å². The summed E-state index contributed by atoms with van der Waals surface area (Å²) in [5.74, 6) is -1.04. The number of benzene rings is 1. The molecule has 1 heterocycles. The van der Waals surface area contributed by atoms with Crippen molar-refractivity contribution < 1.29 is 14.4 Å². The van der Waals surface area contributed by atoms with Crippen LogP contribution in [0.2, 0.25) is 0 Å². The van der Waals surface area contributed by atoms with Crippen LogP contribution in [0.5, 0.6) is 0 Å². The van der Waals surface area contributed by atoms with Gasteiger partial charge in [0.15, 0.2) is 0 Å². The number of carbonyl (C=O) groups excluding carboxylic acids is 3. The van der Waals surface area contributed by atoms with Crippen molar-refractivity contribution >= 4 is 28.8 Å². The van der Waals surface area contributed by atoms with Gasteiger partial charge < -0.3 is 0 Å². The maximum absolute atomic E-state index is 12.2. The highest BCUT2D eigenvalue weighted by atomic mass is 35.5. The lowest BCUT2D eigenvalue weighted by molar-refractivity contribution is 0.00978. The maximum Gasteiger partial charge on any atom is 0.335 e. The first-order valence-electron chi connectivity index (χ1n) is 5.95. The van der Waals surface area contributed by atoms with Gasteiger partial charge >= 0.3 is 5.37 Å². The van der Waals surface area contributed by atoms with Crippen LogP contribution in [0.1, 0.15) is 41.0 Å². The Labute approximate surface area is 115 Å². The van der Waals surface area contributed by atoms with E-state index in [9.17, 15) is 14.4 Å². The van der Waals surface area contributed by atoms with Crippen molar-refractivity contribution in [3.63, 3.8) is 0 Å². The Morgan fingerprint density at radius 1 is 1.26 bits per heavy atom. The van der Waals surface area contributed by atoms with E-state index < -0.39 is 17.2 Å². The Kier molecular flexibility index (Phi) is 3.57. The lowest BCUT2D eigenvalue weighted by atomic mass is 10.1. The highest BCUT2D eigenvalue weighted by Crippen LogP contribution is 2.26. The predicted octanol–water partition coefficient (Wildman–Crippen LogP) is 2.66. The van der Waals surface area contributed by atoms with Crippen molar-refractivity contribution in [2.75, 3.05) is 0 Å². The van der Waals surface area contributed by atoms with Gasteiger partial charge in [0.2, 0.25) is 0 Å². The van der Waals surface area contributed by atoms with Crippen LogP contribution in [-0.4, -0.2) is 33.2 Å². The van der Waals surface area contributed by atoms with E-state index in [1.54, 1.807) is 31.2 Å². The number of rotatable bonds is 3. The van der Waals surface area contributed by atoms with E-state index in [1.807, 2.05) is 6.92 Å². The molecule has 19 heavy (non-hydrogen) atoms. The first kappa shape index (κ1) is 13.5. The molecule has 1 aliphatic rings. The van der Waals surface area contributed by atoms with Gasteiger partial charge in [-0.3, -0.25) is 14.4 Å². The lowest BCUT2D eigenvalue weighted by Crippen LogP contribution is -2.51. The van der Waals surface area contributed by atoms with Crippen molar-refractivity contribution in [3.8, 4) is 0 Å². The quantitative estimate of drug-likeness (QED) is 0.486. The van der Waals surface area contributed by atoms with E-state index >= 15 is 0 Å². The molecule has 1 unspecified atom stereocenters. The largest absolute Gasteiger partial charge is 0.335 e. The van der Waals surface area contributed by atoms with E-state index in [2.05, 4.69) is 0 Å². The molecule has 1 aromatic rings. The molecule has 0 aromatic heterocycles. The van der Waals surface area contributed by atoms with Crippen LogP contribution in [0, 0.1) is 0 Å². The van der Waals surface area contributed by atoms with Gasteiger partial charge in [0, 0.05) is 0 Å². The molecule has 3 amide bonds. The average Bonchev–Trinajstić information content (AvgIpc) is 2.64. The summed E-state index contributed by atoms with van der Waals surface area (Å²) in [5, 5.41) is 0.990. The Hall–Kier alpha value is -1.88.